The first-order valence-corrected chi connectivity index (χ1v) is 11.8. The molecule has 1 N–H and O–H groups in total. The lowest BCUT2D eigenvalue weighted by Gasteiger charge is -2.35. The number of anilines is 2. The monoisotopic (exact) mass is 508 g/mol. The zero-order valence-corrected chi connectivity index (χ0v) is 21.4. The second kappa shape index (κ2) is 10.4. The van der Waals surface area contributed by atoms with Crippen LogP contribution >= 0.6 is 0 Å². The zero-order chi connectivity index (χ0) is 26.7. The average Bonchev–Trinajstić information content (AvgIpc) is 3.16. The van der Waals surface area contributed by atoms with Gasteiger partial charge in [0.05, 0.1) is 29.7 Å². The minimum absolute atomic E-state index is 0.142. The molecule has 1 aliphatic heterocycles. The summed E-state index contributed by atoms with van der Waals surface area (Å²) in [6.07, 6.45) is 0.533. The van der Waals surface area contributed by atoms with Crippen molar-refractivity contribution in [3.05, 3.63) is 42.0 Å². The van der Waals surface area contributed by atoms with Gasteiger partial charge in [0.15, 0.2) is 12.0 Å². The lowest BCUT2D eigenvalue weighted by atomic mass is 10.1. The van der Waals surface area contributed by atoms with Crippen LogP contribution in [0.5, 0.6) is 5.75 Å². The van der Waals surface area contributed by atoms with Crippen molar-refractivity contribution in [2.75, 3.05) is 18.4 Å². The molecule has 1 aromatic carbocycles. The molecule has 1 fully saturated rings. The van der Waals surface area contributed by atoms with E-state index in [1.807, 2.05) is 14.0 Å². The summed E-state index contributed by atoms with van der Waals surface area (Å²) in [5.41, 5.74) is 1.82. The molecule has 2 aromatic heterocycles. The number of likely N-dealkylation sites (tertiary alicyclic amines) is 1. The Balaban J connectivity index is 1.45. The highest BCUT2D eigenvalue weighted by atomic mass is 19.1. The number of hydrogen-bond donors (Lipinski definition) is 1. The maximum absolute atomic E-state index is 14.9. The first kappa shape index (κ1) is 25.8. The lowest BCUT2D eigenvalue weighted by molar-refractivity contribution is -0.0106. The van der Waals surface area contributed by atoms with Crippen LogP contribution in [0.4, 0.5) is 20.8 Å². The zero-order valence-electron chi connectivity index (χ0n) is 21.4. The van der Waals surface area contributed by atoms with Crippen LogP contribution in [-0.2, 0) is 11.8 Å². The quantitative estimate of drug-likeness (QED) is 0.545. The van der Waals surface area contributed by atoms with Crippen LogP contribution in [0.1, 0.15) is 38.4 Å². The first-order valence-electron chi connectivity index (χ1n) is 11.8. The smallest absolute Gasteiger partial charge is 0.410 e. The van der Waals surface area contributed by atoms with E-state index in [1.54, 1.807) is 49.8 Å². The Hall–Kier alpha value is -4.27. The molecule has 1 amide bonds. The van der Waals surface area contributed by atoms with Crippen LogP contribution in [0.3, 0.4) is 0 Å². The number of nitrogens with one attached hydrogen (secondary N) is 1. The summed E-state index contributed by atoms with van der Waals surface area (Å²) in [6.45, 7) is 7.34. The number of alkyl halides is 1. The largest absolute Gasteiger partial charge is 0.486 e. The van der Waals surface area contributed by atoms with E-state index in [9.17, 15) is 14.4 Å². The molecule has 0 bridgehead atoms. The number of ether oxygens (including phenoxy) is 2. The summed E-state index contributed by atoms with van der Waals surface area (Å²) in [6, 6.07) is 6.99. The summed E-state index contributed by atoms with van der Waals surface area (Å²) < 4.78 is 27.8. The standard InChI is InChI=1S/C25H29FN8O3/c1-15-19(12-30-33(15)5)31-23-29-14-28-22(32-23)16-6-7-20(17(10-16)11-27)36-21-8-9-34(13-18(21)26)24(35)37-25(2,3)4/h6-7,10,12,14,18,21H,8-9,13H2,1-5H3,(H,28,29,31,32). The molecule has 0 spiro atoms. The molecule has 37 heavy (non-hydrogen) atoms. The van der Waals surface area contributed by atoms with Gasteiger partial charge in [-0.15, -0.1) is 0 Å². The highest BCUT2D eigenvalue weighted by Crippen LogP contribution is 2.29. The average molecular weight is 509 g/mol. The van der Waals surface area contributed by atoms with E-state index in [0.717, 1.165) is 11.4 Å². The van der Waals surface area contributed by atoms with E-state index in [2.05, 4.69) is 31.4 Å². The molecule has 12 heteroatoms. The Bertz CT molecular complexity index is 1330. The number of benzene rings is 1. The Morgan fingerprint density at radius 3 is 2.73 bits per heavy atom. The Morgan fingerprint density at radius 2 is 2.08 bits per heavy atom. The topological polar surface area (TPSA) is 131 Å². The fourth-order valence-corrected chi connectivity index (χ4v) is 3.77. The number of nitriles is 1. The molecule has 1 saturated heterocycles. The lowest BCUT2D eigenvalue weighted by Crippen LogP contribution is -2.50. The van der Waals surface area contributed by atoms with Crippen molar-refractivity contribution < 1.29 is 18.7 Å². The van der Waals surface area contributed by atoms with Crippen LogP contribution in [0, 0.1) is 18.3 Å². The molecule has 3 heterocycles. The number of nitrogens with zero attached hydrogens (tertiary/aromatic N) is 7. The minimum Gasteiger partial charge on any atom is -0.486 e. The van der Waals surface area contributed by atoms with Gasteiger partial charge in [-0.05, 0) is 45.9 Å². The molecular formula is C25H29FN8O3. The summed E-state index contributed by atoms with van der Waals surface area (Å²) in [5, 5.41) is 17.0. The summed E-state index contributed by atoms with van der Waals surface area (Å²) in [5.74, 6) is 0.941. The van der Waals surface area contributed by atoms with Gasteiger partial charge >= 0.3 is 6.09 Å². The van der Waals surface area contributed by atoms with Crippen LogP contribution in [-0.4, -0.2) is 66.7 Å². The number of rotatable bonds is 5. The second-order valence-corrected chi connectivity index (χ2v) is 9.74. The van der Waals surface area contributed by atoms with Gasteiger partial charge in [-0.3, -0.25) is 4.68 Å². The molecule has 4 rings (SSSR count). The molecule has 2 atom stereocenters. The third-order valence-corrected chi connectivity index (χ3v) is 5.82. The summed E-state index contributed by atoms with van der Waals surface area (Å²) >= 11 is 0. The molecule has 1 aliphatic rings. The highest BCUT2D eigenvalue weighted by Gasteiger charge is 2.35. The predicted molar refractivity (Wildman–Crippen MR) is 133 cm³/mol. The number of carbonyl (C=O) groups excluding carboxylic acids is 1. The Labute approximate surface area is 214 Å². The van der Waals surface area contributed by atoms with Crippen molar-refractivity contribution in [2.45, 2.75) is 52.0 Å². The molecule has 0 radical (unpaired) electrons. The van der Waals surface area contributed by atoms with Gasteiger partial charge in [0.1, 0.15) is 29.9 Å². The minimum atomic E-state index is -1.43. The van der Waals surface area contributed by atoms with Gasteiger partial charge in [0.2, 0.25) is 5.95 Å². The fourth-order valence-electron chi connectivity index (χ4n) is 3.77. The maximum atomic E-state index is 14.9. The van der Waals surface area contributed by atoms with Crippen LogP contribution in [0.25, 0.3) is 11.4 Å². The van der Waals surface area contributed by atoms with Crippen LogP contribution in [0.15, 0.2) is 30.7 Å². The highest BCUT2D eigenvalue weighted by molar-refractivity contribution is 5.68. The Kier molecular flexibility index (Phi) is 7.24. The van der Waals surface area contributed by atoms with Crippen molar-refractivity contribution in [3.8, 4) is 23.2 Å². The molecular weight excluding hydrogens is 479 g/mol. The van der Waals surface area contributed by atoms with E-state index < -0.39 is 24.0 Å². The molecule has 0 aliphatic carbocycles. The predicted octanol–water partition coefficient (Wildman–Crippen LogP) is 3.92. The molecule has 194 valence electrons. The number of aryl methyl sites for hydroxylation is 1. The van der Waals surface area contributed by atoms with Crippen LogP contribution in [0.2, 0.25) is 0 Å². The number of amides is 1. The second-order valence-electron chi connectivity index (χ2n) is 9.74. The summed E-state index contributed by atoms with van der Waals surface area (Å²) in [4.78, 5) is 26.4. The van der Waals surface area contributed by atoms with Gasteiger partial charge < -0.3 is 19.7 Å². The van der Waals surface area contributed by atoms with Gasteiger partial charge in [0, 0.05) is 25.6 Å². The number of piperidine rings is 1. The van der Waals surface area contributed by atoms with Crippen molar-refractivity contribution in [2.24, 2.45) is 7.05 Å². The van der Waals surface area contributed by atoms with E-state index >= 15 is 0 Å². The van der Waals surface area contributed by atoms with Gasteiger partial charge in [-0.2, -0.15) is 15.3 Å². The molecule has 3 aromatic rings. The van der Waals surface area contributed by atoms with Crippen molar-refractivity contribution in [1.29, 1.82) is 5.26 Å². The SMILES string of the molecule is Cc1c(Nc2ncnc(-c3ccc(OC4CCN(C(=O)OC(C)(C)C)CC4F)c(C#N)c3)n2)cnn1C. The van der Waals surface area contributed by atoms with Gasteiger partial charge in [-0.1, -0.05) is 0 Å². The van der Waals surface area contributed by atoms with Crippen LogP contribution < -0.4 is 10.1 Å². The van der Waals surface area contributed by atoms with E-state index in [1.165, 1.54) is 11.2 Å². The van der Waals surface area contributed by atoms with Gasteiger partial charge in [0.25, 0.3) is 0 Å². The van der Waals surface area contributed by atoms with E-state index in [0.29, 0.717) is 17.3 Å². The van der Waals surface area contributed by atoms with E-state index in [-0.39, 0.29) is 30.8 Å². The number of aromatic nitrogens is 5. The third kappa shape index (κ3) is 6.11. The van der Waals surface area contributed by atoms with Crippen molar-refractivity contribution in [3.63, 3.8) is 0 Å². The Morgan fingerprint density at radius 1 is 1.30 bits per heavy atom. The molecule has 0 saturated carbocycles. The maximum Gasteiger partial charge on any atom is 0.410 e. The first-order chi connectivity index (χ1) is 17.5. The number of carbonyl (C=O) groups is 1. The fraction of sp³-hybridized carbons (Fsp3) is 0.440. The van der Waals surface area contributed by atoms with Gasteiger partial charge in [-0.25, -0.2) is 19.2 Å². The summed E-state index contributed by atoms with van der Waals surface area (Å²) in [7, 11) is 1.84. The molecule has 11 nitrogen and oxygen atoms in total. The third-order valence-electron chi connectivity index (χ3n) is 5.82. The van der Waals surface area contributed by atoms with E-state index in [4.69, 9.17) is 9.47 Å². The molecule has 2 unspecified atom stereocenters. The number of hydrogen-bond acceptors (Lipinski definition) is 9. The normalized spacial score (nSPS) is 17.7. The van der Waals surface area contributed by atoms with Crippen molar-refractivity contribution >= 4 is 17.7 Å². The van der Waals surface area contributed by atoms with Crippen molar-refractivity contribution in [1.82, 2.24) is 29.6 Å². The number of halogens is 1.